The van der Waals surface area contributed by atoms with Gasteiger partial charge in [-0.2, -0.15) is 0 Å². The Morgan fingerprint density at radius 1 is 1.04 bits per heavy atom. The molecule has 0 bridgehead atoms. The second-order valence-corrected chi connectivity index (χ2v) is 6.21. The zero-order chi connectivity index (χ0) is 19.8. The smallest absolute Gasteiger partial charge is 0.319 e. The SMILES string of the molecule is COc1cc(NC(=O)NCc2ccc(OC(C)C)cc2)ccc1NC(C)=O. The maximum absolute atomic E-state index is 12.1. The lowest BCUT2D eigenvalue weighted by Gasteiger charge is -2.13. The lowest BCUT2D eigenvalue weighted by atomic mass is 10.2. The van der Waals surface area contributed by atoms with Crippen LogP contribution in [-0.2, 0) is 11.3 Å². The van der Waals surface area contributed by atoms with Crippen molar-refractivity contribution in [2.75, 3.05) is 17.7 Å². The van der Waals surface area contributed by atoms with Gasteiger partial charge in [0.2, 0.25) is 5.91 Å². The number of amides is 3. The van der Waals surface area contributed by atoms with Crippen LogP contribution < -0.4 is 25.4 Å². The minimum Gasteiger partial charge on any atom is -0.494 e. The third kappa shape index (κ3) is 6.54. The Hall–Kier alpha value is -3.22. The Labute approximate surface area is 159 Å². The molecular weight excluding hydrogens is 346 g/mol. The van der Waals surface area contributed by atoms with E-state index in [0.717, 1.165) is 11.3 Å². The first-order valence-corrected chi connectivity index (χ1v) is 8.63. The number of nitrogens with one attached hydrogen (secondary N) is 3. The van der Waals surface area contributed by atoms with Gasteiger partial charge < -0.3 is 25.4 Å². The minimum absolute atomic E-state index is 0.119. The van der Waals surface area contributed by atoms with E-state index in [1.165, 1.54) is 14.0 Å². The number of hydrogen-bond donors (Lipinski definition) is 3. The molecule has 27 heavy (non-hydrogen) atoms. The van der Waals surface area contributed by atoms with Crippen LogP contribution >= 0.6 is 0 Å². The van der Waals surface area contributed by atoms with Gasteiger partial charge in [-0.1, -0.05) is 12.1 Å². The predicted molar refractivity (Wildman–Crippen MR) is 105 cm³/mol. The van der Waals surface area contributed by atoms with Crippen LogP contribution in [0.15, 0.2) is 42.5 Å². The molecule has 7 nitrogen and oxygen atoms in total. The highest BCUT2D eigenvalue weighted by Gasteiger charge is 2.08. The summed E-state index contributed by atoms with van der Waals surface area (Å²) in [5.74, 6) is 1.06. The lowest BCUT2D eigenvalue weighted by Crippen LogP contribution is -2.28. The molecule has 2 rings (SSSR count). The zero-order valence-corrected chi connectivity index (χ0v) is 16.0. The molecule has 0 aliphatic heterocycles. The highest BCUT2D eigenvalue weighted by Crippen LogP contribution is 2.27. The Balaban J connectivity index is 1.90. The van der Waals surface area contributed by atoms with E-state index < -0.39 is 0 Å². The molecule has 2 aromatic carbocycles. The monoisotopic (exact) mass is 371 g/mol. The van der Waals surface area contributed by atoms with Gasteiger partial charge in [-0.15, -0.1) is 0 Å². The van der Waals surface area contributed by atoms with Crippen LogP contribution in [-0.4, -0.2) is 25.2 Å². The standard InChI is InChI=1S/C20H25N3O4/c1-13(2)27-17-8-5-15(6-9-17)12-21-20(25)23-16-7-10-18(22-14(3)24)19(11-16)26-4/h5-11,13H,12H2,1-4H3,(H,22,24)(H2,21,23,25). The van der Waals surface area contributed by atoms with Crippen LogP contribution in [0.5, 0.6) is 11.5 Å². The van der Waals surface area contributed by atoms with Crippen molar-refractivity contribution in [3.63, 3.8) is 0 Å². The molecule has 0 fully saturated rings. The number of rotatable bonds is 7. The van der Waals surface area contributed by atoms with Crippen LogP contribution in [0.25, 0.3) is 0 Å². The highest BCUT2D eigenvalue weighted by atomic mass is 16.5. The van der Waals surface area contributed by atoms with E-state index in [-0.39, 0.29) is 18.0 Å². The molecule has 2 aromatic rings. The molecule has 0 aromatic heterocycles. The average Bonchev–Trinajstić information content (AvgIpc) is 2.61. The number of benzene rings is 2. The normalized spacial score (nSPS) is 10.3. The Morgan fingerprint density at radius 2 is 1.74 bits per heavy atom. The van der Waals surface area contributed by atoms with Crippen LogP contribution in [0.1, 0.15) is 26.3 Å². The molecular formula is C20H25N3O4. The molecule has 0 unspecified atom stereocenters. The molecule has 0 aliphatic rings. The van der Waals surface area contributed by atoms with Gasteiger partial charge in [0.15, 0.2) is 0 Å². The van der Waals surface area contributed by atoms with E-state index >= 15 is 0 Å². The van der Waals surface area contributed by atoms with Gasteiger partial charge >= 0.3 is 6.03 Å². The van der Waals surface area contributed by atoms with E-state index in [9.17, 15) is 9.59 Å². The first kappa shape index (κ1) is 20.1. The number of carbonyl (C=O) groups is 2. The summed E-state index contributed by atoms with van der Waals surface area (Å²) in [7, 11) is 1.50. The third-order valence-corrected chi connectivity index (χ3v) is 3.52. The fraction of sp³-hybridized carbons (Fsp3) is 0.300. The molecule has 3 amide bonds. The highest BCUT2D eigenvalue weighted by molar-refractivity contribution is 5.93. The molecule has 0 spiro atoms. The van der Waals surface area contributed by atoms with Crippen molar-refractivity contribution in [3.05, 3.63) is 48.0 Å². The fourth-order valence-electron chi connectivity index (χ4n) is 2.38. The van der Waals surface area contributed by atoms with E-state index in [4.69, 9.17) is 9.47 Å². The average molecular weight is 371 g/mol. The number of urea groups is 1. The molecule has 3 N–H and O–H groups in total. The molecule has 0 heterocycles. The van der Waals surface area contributed by atoms with Gasteiger partial charge in [0.1, 0.15) is 11.5 Å². The van der Waals surface area contributed by atoms with Crippen molar-refractivity contribution in [1.29, 1.82) is 0 Å². The van der Waals surface area contributed by atoms with Gasteiger partial charge in [-0.25, -0.2) is 4.79 Å². The van der Waals surface area contributed by atoms with Crippen molar-refractivity contribution in [1.82, 2.24) is 5.32 Å². The molecule has 0 saturated heterocycles. The second kappa shape index (κ2) is 9.47. The zero-order valence-electron chi connectivity index (χ0n) is 16.0. The summed E-state index contributed by atoms with van der Waals surface area (Å²) >= 11 is 0. The maximum Gasteiger partial charge on any atom is 0.319 e. The number of hydrogen-bond acceptors (Lipinski definition) is 4. The second-order valence-electron chi connectivity index (χ2n) is 6.21. The molecule has 0 aliphatic carbocycles. The summed E-state index contributed by atoms with van der Waals surface area (Å²) in [6.45, 7) is 5.74. The van der Waals surface area contributed by atoms with Crippen molar-refractivity contribution >= 4 is 23.3 Å². The minimum atomic E-state index is -0.341. The maximum atomic E-state index is 12.1. The molecule has 0 atom stereocenters. The summed E-state index contributed by atoms with van der Waals surface area (Å²) in [6, 6.07) is 12.2. The number of carbonyl (C=O) groups excluding carboxylic acids is 2. The predicted octanol–water partition coefficient (Wildman–Crippen LogP) is 3.76. The number of anilines is 2. The van der Waals surface area contributed by atoms with Gasteiger partial charge in [-0.3, -0.25) is 4.79 Å². The summed E-state index contributed by atoms with van der Waals surface area (Å²) in [5.41, 5.74) is 2.05. The quantitative estimate of drug-likeness (QED) is 0.691. The summed E-state index contributed by atoms with van der Waals surface area (Å²) in [6.07, 6.45) is 0.119. The Bertz CT molecular complexity index is 788. The lowest BCUT2D eigenvalue weighted by molar-refractivity contribution is -0.114. The van der Waals surface area contributed by atoms with Crippen molar-refractivity contribution in [2.24, 2.45) is 0 Å². The molecule has 0 radical (unpaired) electrons. The van der Waals surface area contributed by atoms with E-state index in [1.807, 2.05) is 38.1 Å². The van der Waals surface area contributed by atoms with Gasteiger partial charge in [0, 0.05) is 25.2 Å². The van der Waals surface area contributed by atoms with Crippen molar-refractivity contribution in [2.45, 2.75) is 33.4 Å². The van der Waals surface area contributed by atoms with E-state index in [1.54, 1.807) is 18.2 Å². The van der Waals surface area contributed by atoms with Crippen molar-refractivity contribution in [3.8, 4) is 11.5 Å². The Morgan fingerprint density at radius 3 is 2.33 bits per heavy atom. The van der Waals surface area contributed by atoms with Crippen LogP contribution in [0.4, 0.5) is 16.2 Å². The third-order valence-electron chi connectivity index (χ3n) is 3.52. The molecule has 0 saturated carbocycles. The van der Waals surface area contributed by atoms with Crippen LogP contribution in [0, 0.1) is 0 Å². The Kier molecular flexibility index (Phi) is 7.05. The summed E-state index contributed by atoms with van der Waals surface area (Å²) < 4.78 is 10.8. The summed E-state index contributed by atoms with van der Waals surface area (Å²) in [4.78, 5) is 23.3. The van der Waals surface area contributed by atoms with Gasteiger partial charge in [0.05, 0.1) is 18.9 Å². The summed E-state index contributed by atoms with van der Waals surface area (Å²) in [5, 5.41) is 8.19. The molecule has 7 heteroatoms. The van der Waals surface area contributed by atoms with E-state index in [2.05, 4.69) is 16.0 Å². The van der Waals surface area contributed by atoms with Crippen molar-refractivity contribution < 1.29 is 19.1 Å². The van der Waals surface area contributed by atoms with Gasteiger partial charge in [0.25, 0.3) is 0 Å². The van der Waals surface area contributed by atoms with Crippen LogP contribution in [0.2, 0.25) is 0 Å². The number of ether oxygens (including phenoxy) is 2. The van der Waals surface area contributed by atoms with E-state index in [0.29, 0.717) is 23.7 Å². The number of methoxy groups -OCH3 is 1. The first-order chi connectivity index (χ1) is 12.9. The van der Waals surface area contributed by atoms with Gasteiger partial charge in [-0.05, 0) is 43.7 Å². The largest absolute Gasteiger partial charge is 0.494 e. The topological polar surface area (TPSA) is 88.7 Å². The fourth-order valence-corrected chi connectivity index (χ4v) is 2.38. The first-order valence-electron chi connectivity index (χ1n) is 8.63. The van der Waals surface area contributed by atoms with Crippen LogP contribution in [0.3, 0.4) is 0 Å². The molecule has 144 valence electrons.